The summed E-state index contributed by atoms with van der Waals surface area (Å²) in [5, 5.41) is 31.6. The molecule has 1 aromatic carbocycles. The van der Waals surface area contributed by atoms with Gasteiger partial charge in [0.25, 0.3) is 5.91 Å². The van der Waals surface area contributed by atoms with Gasteiger partial charge in [-0.05, 0) is 18.1 Å². The summed E-state index contributed by atoms with van der Waals surface area (Å²) in [7, 11) is -1.56. The van der Waals surface area contributed by atoms with Crippen LogP contribution in [0, 0.1) is 5.82 Å². The minimum atomic E-state index is -1.67. The molecule has 5 N–H and O–H groups in total. The van der Waals surface area contributed by atoms with E-state index in [1.165, 1.54) is 18.3 Å². The number of nitrogens with one attached hydrogen (secondary N) is 2. The lowest BCUT2D eigenvalue weighted by molar-refractivity contribution is -0.121. The van der Waals surface area contributed by atoms with E-state index >= 15 is 0 Å². The van der Waals surface area contributed by atoms with Crippen LogP contribution in [0.2, 0.25) is 5.82 Å². The van der Waals surface area contributed by atoms with Crippen LogP contribution in [0.3, 0.4) is 0 Å². The van der Waals surface area contributed by atoms with Gasteiger partial charge < -0.3 is 30.2 Å². The molecule has 3 aromatic rings. The van der Waals surface area contributed by atoms with E-state index in [9.17, 15) is 38.8 Å². The number of fused-ring (bicyclic) bond motifs is 1. The number of carbonyl (C=O) groups excluding carboxylic acids is 2. The molecule has 0 spiro atoms. The molecule has 2 aromatic heterocycles. The number of aromatic nitrogens is 2. The summed E-state index contributed by atoms with van der Waals surface area (Å²) >= 11 is 0. The van der Waals surface area contributed by atoms with Gasteiger partial charge in [0.15, 0.2) is 17.0 Å². The fourth-order valence-corrected chi connectivity index (χ4v) is 3.96. The first kappa shape index (κ1) is 24.6. The molecular weight excluding hydrogens is 476 g/mol. The molecule has 4 rings (SSSR count). The summed E-state index contributed by atoms with van der Waals surface area (Å²) in [4.78, 5) is 55.8. The maximum atomic E-state index is 14.6. The number of halogens is 1. The minimum absolute atomic E-state index is 0.0133. The number of hydrogen-bond donors (Lipinski definition) is 5. The predicted octanol–water partition coefficient (Wildman–Crippen LogP) is 1.23. The van der Waals surface area contributed by atoms with Crippen LogP contribution in [0.15, 0.2) is 53.7 Å². The van der Waals surface area contributed by atoms with Crippen LogP contribution in [0.1, 0.15) is 44.4 Å². The molecule has 0 radical (unpaired) electrons. The molecule has 1 aliphatic heterocycles. The number of aromatic amines is 1. The van der Waals surface area contributed by atoms with Crippen molar-refractivity contribution in [1.29, 1.82) is 0 Å². The third-order valence-electron chi connectivity index (χ3n) is 5.71. The number of amides is 1. The highest BCUT2D eigenvalue weighted by Gasteiger charge is 2.40. The number of hydrogen-bond acceptors (Lipinski definition) is 8. The molecule has 3 heterocycles. The molecule has 1 amide bonds. The van der Waals surface area contributed by atoms with E-state index < -0.39 is 65.7 Å². The van der Waals surface area contributed by atoms with Gasteiger partial charge in [0, 0.05) is 36.8 Å². The number of ketones is 1. The summed E-state index contributed by atoms with van der Waals surface area (Å²) in [5.74, 6) is -5.45. The second-order valence-corrected chi connectivity index (χ2v) is 8.13. The Kier molecular flexibility index (Phi) is 6.83. The first-order valence-electron chi connectivity index (χ1n) is 10.7. The van der Waals surface area contributed by atoms with Gasteiger partial charge in [0.1, 0.15) is 28.8 Å². The van der Waals surface area contributed by atoms with Gasteiger partial charge >= 0.3 is 13.1 Å². The molecule has 0 aliphatic carbocycles. The van der Waals surface area contributed by atoms with E-state index in [0.717, 1.165) is 18.5 Å². The standard InChI is InChI=1S/C23H19BFN3O8/c25-16-8-13(29)9-27-19(16)20(28-22(32)15-10-26-5-4-17(15)30)18(31)7-12-6-11-2-1-3-14(23(33)34)21(11)36-24(12)35/h1-5,8-10,12,20,29,35H,6-7H2,(H,26,30)(H,28,32)(H,33,34)/t12-,20?/m1/s1. The van der Waals surface area contributed by atoms with Crippen molar-refractivity contribution in [3.8, 4) is 11.5 Å². The summed E-state index contributed by atoms with van der Waals surface area (Å²) in [6, 6.07) is 4.55. The Balaban J connectivity index is 1.62. The highest BCUT2D eigenvalue weighted by molar-refractivity contribution is 6.47. The number of aromatic hydroxyl groups is 1. The van der Waals surface area contributed by atoms with Crippen LogP contribution < -0.4 is 15.4 Å². The van der Waals surface area contributed by atoms with Gasteiger partial charge in [-0.1, -0.05) is 12.1 Å². The second-order valence-electron chi connectivity index (χ2n) is 8.13. The fraction of sp³-hybridized carbons (Fsp3) is 0.174. The number of nitrogens with zero attached hydrogens (tertiary/aromatic N) is 1. The number of para-hydroxylation sites is 1. The molecule has 0 saturated heterocycles. The normalized spacial score (nSPS) is 15.4. The van der Waals surface area contributed by atoms with Crippen molar-refractivity contribution in [2.24, 2.45) is 0 Å². The highest BCUT2D eigenvalue weighted by Crippen LogP contribution is 2.37. The van der Waals surface area contributed by atoms with Gasteiger partial charge in [-0.3, -0.25) is 19.4 Å². The van der Waals surface area contributed by atoms with Gasteiger partial charge in [0.2, 0.25) is 0 Å². The highest BCUT2D eigenvalue weighted by atomic mass is 19.1. The predicted molar refractivity (Wildman–Crippen MR) is 122 cm³/mol. The van der Waals surface area contributed by atoms with E-state index in [2.05, 4.69) is 15.3 Å². The van der Waals surface area contributed by atoms with E-state index in [4.69, 9.17) is 4.65 Å². The van der Waals surface area contributed by atoms with Crippen LogP contribution in [0.4, 0.5) is 4.39 Å². The Bertz CT molecular complexity index is 1410. The minimum Gasteiger partial charge on any atom is -0.535 e. The number of aromatic carboxylic acids is 1. The molecule has 1 aliphatic rings. The number of benzene rings is 1. The van der Waals surface area contributed by atoms with Crippen LogP contribution in [0.5, 0.6) is 11.5 Å². The number of carbonyl (C=O) groups is 3. The van der Waals surface area contributed by atoms with Gasteiger partial charge in [-0.25, -0.2) is 9.18 Å². The number of pyridine rings is 2. The number of carboxylic acid groups (broad SMARTS) is 1. The summed E-state index contributed by atoms with van der Waals surface area (Å²) in [6.45, 7) is 0. The second kappa shape index (κ2) is 10.00. The molecule has 13 heteroatoms. The van der Waals surface area contributed by atoms with E-state index in [0.29, 0.717) is 11.6 Å². The number of H-pyrrole nitrogens is 1. The first-order valence-corrected chi connectivity index (χ1v) is 10.7. The number of Topliss-reactive ketones (excluding diaryl/α,β-unsaturated/α-hetero) is 1. The Labute approximate surface area is 202 Å². The molecule has 0 saturated carbocycles. The Hall–Kier alpha value is -4.52. The van der Waals surface area contributed by atoms with Crippen LogP contribution in [-0.2, 0) is 11.2 Å². The van der Waals surface area contributed by atoms with E-state index in [1.54, 1.807) is 6.07 Å². The lowest BCUT2D eigenvalue weighted by atomic mass is 9.64. The lowest BCUT2D eigenvalue weighted by Gasteiger charge is -2.29. The molecule has 184 valence electrons. The lowest BCUT2D eigenvalue weighted by Crippen LogP contribution is -2.40. The molecule has 0 fully saturated rings. The van der Waals surface area contributed by atoms with Crippen LogP contribution >= 0.6 is 0 Å². The average Bonchev–Trinajstić information content (AvgIpc) is 2.83. The average molecular weight is 495 g/mol. The first-order chi connectivity index (χ1) is 17.2. The van der Waals surface area contributed by atoms with Gasteiger partial charge in [-0.2, -0.15) is 0 Å². The third-order valence-corrected chi connectivity index (χ3v) is 5.71. The maximum absolute atomic E-state index is 14.6. The number of carboxylic acids is 1. The fourth-order valence-electron chi connectivity index (χ4n) is 3.96. The topological polar surface area (TPSA) is 179 Å². The smallest absolute Gasteiger partial charge is 0.526 e. The zero-order chi connectivity index (χ0) is 26.0. The zero-order valence-corrected chi connectivity index (χ0v) is 18.5. The van der Waals surface area contributed by atoms with E-state index in [-0.39, 0.29) is 23.3 Å². The quantitative estimate of drug-likeness (QED) is 0.302. The monoisotopic (exact) mass is 495 g/mol. The van der Waals surface area contributed by atoms with Crippen LogP contribution in [0.25, 0.3) is 0 Å². The van der Waals surface area contributed by atoms with Crippen molar-refractivity contribution in [2.75, 3.05) is 0 Å². The Morgan fingerprint density at radius 1 is 1.28 bits per heavy atom. The molecule has 2 atom stereocenters. The molecule has 1 unspecified atom stereocenters. The zero-order valence-electron chi connectivity index (χ0n) is 18.5. The summed E-state index contributed by atoms with van der Waals surface area (Å²) in [6.07, 6.45) is 2.96. The maximum Gasteiger partial charge on any atom is 0.526 e. The Morgan fingerprint density at radius 3 is 2.75 bits per heavy atom. The van der Waals surface area contributed by atoms with E-state index in [1.807, 2.05) is 0 Å². The molecule has 11 nitrogen and oxygen atoms in total. The van der Waals surface area contributed by atoms with Crippen molar-refractivity contribution < 1.29 is 38.7 Å². The Morgan fingerprint density at radius 2 is 2.06 bits per heavy atom. The van der Waals surface area contributed by atoms with Crippen molar-refractivity contribution in [2.45, 2.75) is 24.7 Å². The molecule has 0 bridgehead atoms. The summed E-state index contributed by atoms with van der Waals surface area (Å²) in [5.41, 5.74) is -1.17. The SMILES string of the molecule is O=C(O)c1cccc2c1OB(O)[C@@H](CC(=O)C(NC(=O)c1c[nH]ccc1=O)c1ncc(O)cc1F)C2. The summed E-state index contributed by atoms with van der Waals surface area (Å²) < 4.78 is 20.0. The van der Waals surface area contributed by atoms with Crippen molar-refractivity contribution in [3.05, 3.63) is 87.3 Å². The van der Waals surface area contributed by atoms with Crippen molar-refractivity contribution in [1.82, 2.24) is 15.3 Å². The largest absolute Gasteiger partial charge is 0.535 e. The van der Waals surface area contributed by atoms with Gasteiger partial charge in [-0.15, -0.1) is 0 Å². The number of rotatable bonds is 7. The molecule has 36 heavy (non-hydrogen) atoms. The van der Waals surface area contributed by atoms with Crippen LogP contribution in [-0.4, -0.2) is 50.0 Å². The van der Waals surface area contributed by atoms with Gasteiger partial charge in [0.05, 0.1) is 11.8 Å². The molecular formula is C23H19BFN3O8. The third kappa shape index (κ3) is 4.96. The van der Waals surface area contributed by atoms with Crippen molar-refractivity contribution >= 4 is 24.8 Å². The van der Waals surface area contributed by atoms with Crippen molar-refractivity contribution in [3.63, 3.8) is 0 Å².